The number of aromatic amines is 1. The quantitative estimate of drug-likeness (QED) is 0.701. The molecule has 0 fully saturated rings. The van der Waals surface area contributed by atoms with Gasteiger partial charge in [0.1, 0.15) is 5.75 Å². The Bertz CT molecular complexity index is 798. The number of rotatable bonds is 5. The van der Waals surface area contributed by atoms with Crippen LogP contribution in [-0.2, 0) is 4.79 Å². The van der Waals surface area contributed by atoms with Gasteiger partial charge in [0.05, 0.1) is 23.4 Å². The van der Waals surface area contributed by atoms with Crippen molar-refractivity contribution in [1.82, 2.24) is 9.97 Å². The zero-order chi connectivity index (χ0) is 16.2. The van der Waals surface area contributed by atoms with Crippen molar-refractivity contribution in [1.29, 1.82) is 0 Å². The monoisotopic (exact) mass is 327 g/mol. The van der Waals surface area contributed by atoms with Crippen LogP contribution in [0.1, 0.15) is 6.92 Å². The van der Waals surface area contributed by atoms with Crippen molar-refractivity contribution < 1.29 is 9.53 Å². The molecule has 23 heavy (non-hydrogen) atoms. The molecule has 0 saturated carbocycles. The van der Waals surface area contributed by atoms with E-state index in [-0.39, 0.29) is 11.2 Å². The first-order chi connectivity index (χ1) is 11.2. The molecule has 0 aliphatic rings. The fraction of sp³-hybridized carbons (Fsp3) is 0.176. The van der Waals surface area contributed by atoms with E-state index in [0.29, 0.717) is 11.4 Å². The molecule has 118 valence electrons. The number of anilines is 1. The number of amides is 1. The van der Waals surface area contributed by atoms with Gasteiger partial charge in [-0.25, -0.2) is 4.98 Å². The van der Waals surface area contributed by atoms with Crippen LogP contribution < -0.4 is 10.1 Å². The molecule has 3 rings (SSSR count). The molecule has 1 aromatic heterocycles. The van der Waals surface area contributed by atoms with Gasteiger partial charge in [-0.2, -0.15) is 0 Å². The summed E-state index contributed by atoms with van der Waals surface area (Å²) >= 11 is 1.40. The number of thioether (sulfide) groups is 1. The SMILES string of the molecule is COc1cccc(NC(=O)C(C)Sc2nc3ccccc3[nH]2)c1. The van der Waals surface area contributed by atoms with Gasteiger partial charge in [0.2, 0.25) is 5.91 Å². The van der Waals surface area contributed by atoms with Crippen molar-refractivity contribution in [3.05, 3.63) is 48.5 Å². The standard InChI is InChI=1S/C17H17N3O2S/c1-11(16(21)18-12-6-5-7-13(10-12)22-2)23-17-19-14-8-3-4-9-15(14)20-17/h3-11H,1-2H3,(H,18,21)(H,19,20). The number of H-pyrrole nitrogens is 1. The van der Waals surface area contributed by atoms with Gasteiger partial charge in [0, 0.05) is 11.8 Å². The van der Waals surface area contributed by atoms with E-state index in [0.717, 1.165) is 16.2 Å². The van der Waals surface area contributed by atoms with E-state index in [2.05, 4.69) is 15.3 Å². The first-order valence-corrected chi connectivity index (χ1v) is 8.10. The van der Waals surface area contributed by atoms with Crippen LogP contribution in [0.15, 0.2) is 53.7 Å². The predicted octanol–water partition coefficient (Wildman–Crippen LogP) is 3.69. The van der Waals surface area contributed by atoms with Crippen LogP contribution in [0.2, 0.25) is 0 Å². The van der Waals surface area contributed by atoms with Crippen molar-refractivity contribution in [2.24, 2.45) is 0 Å². The molecular formula is C17H17N3O2S. The van der Waals surface area contributed by atoms with Crippen LogP contribution >= 0.6 is 11.8 Å². The molecule has 3 aromatic rings. The molecule has 6 heteroatoms. The van der Waals surface area contributed by atoms with E-state index < -0.39 is 0 Å². The number of methoxy groups -OCH3 is 1. The van der Waals surface area contributed by atoms with Gasteiger partial charge < -0.3 is 15.0 Å². The molecule has 1 atom stereocenters. The fourth-order valence-electron chi connectivity index (χ4n) is 2.15. The summed E-state index contributed by atoms with van der Waals surface area (Å²) in [5.41, 5.74) is 2.58. The number of fused-ring (bicyclic) bond motifs is 1. The average molecular weight is 327 g/mol. The maximum Gasteiger partial charge on any atom is 0.237 e. The molecule has 1 unspecified atom stereocenters. The van der Waals surface area contributed by atoms with E-state index >= 15 is 0 Å². The van der Waals surface area contributed by atoms with Crippen molar-refractivity contribution in [3.8, 4) is 5.75 Å². The van der Waals surface area contributed by atoms with E-state index in [9.17, 15) is 4.79 Å². The second-order valence-electron chi connectivity index (χ2n) is 5.04. The molecule has 0 aliphatic heterocycles. The molecule has 2 aromatic carbocycles. The first kappa shape index (κ1) is 15.4. The second kappa shape index (κ2) is 6.75. The van der Waals surface area contributed by atoms with Crippen molar-refractivity contribution in [2.45, 2.75) is 17.3 Å². The molecular weight excluding hydrogens is 310 g/mol. The Morgan fingerprint density at radius 1 is 1.26 bits per heavy atom. The zero-order valence-corrected chi connectivity index (χ0v) is 13.7. The summed E-state index contributed by atoms with van der Waals surface area (Å²) in [4.78, 5) is 20.0. The van der Waals surface area contributed by atoms with Crippen molar-refractivity contribution in [2.75, 3.05) is 12.4 Å². The molecule has 0 saturated heterocycles. The summed E-state index contributed by atoms with van der Waals surface area (Å²) in [6.45, 7) is 1.85. The number of nitrogens with one attached hydrogen (secondary N) is 2. The first-order valence-electron chi connectivity index (χ1n) is 7.22. The maximum atomic E-state index is 12.3. The third-order valence-corrected chi connectivity index (χ3v) is 4.35. The summed E-state index contributed by atoms with van der Waals surface area (Å²) in [5.74, 6) is 0.629. The van der Waals surface area contributed by atoms with Crippen LogP contribution in [0, 0.1) is 0 Å². The van der Waals surface area contributed by atoms with E-state index in [1.54, 1.807) is 13.2 Å². The second-order valence-corrected chi connectivity index (χ2v) is 6.37. The smallest absolute Gasteiger partial charge is 0.237 e. The van der Waals surface area contributed by atoms with Gasteiger partial charge in [-0.05, 0) is 31.2 Å². The highest BCUT2D eigenvalue weighted by Crippen LogP contribution is 2.24. The Balaban J connectivity index is 1.67. The summed E-state index contributed by atoms with van der Waals surface area (Å²) < 4.78 is 5.15. The molecule has 0 bridgehead atoms. The lowest BCUT2D eigenvalue weighted by Gasteiger charge is -2.11. The molecule has 1 heterocycles. The van der Waals surface area contributed by atoms with Gasteiger partial charge in [-0.1, -0.05) is 30.0 Å². The molecule has 0 aliphatic carbocycles. The summed E-state index contributed by atoms with van der Waals surface area (Å²) in [7, 11) is 1.60. The number of hydrogen-bond donors (Lipinski definition) is 2. The van der Waals surface area contributed by atoms with Gasteiger partial charge in [-0.15, -0.1) is 0 Å². The zero-order valence-electron chi connectivity index (χ0n) is 12.9. The molecule has 0 radical (unpaired) electrons. The Labute approximate surface area is 138 Å². The molecule has 2 N–H and O–H groups in total. The number of aromatic nitrogens is 2. The van der Waals surface area contributed by atoms with E-state index in [1.807, 2.05) is 49.4 Å². The number of nitrogens with zero attached hydrogens (tertiary/aromatic N) is 1. The molecule has 5 nitrogen and oxygen atoms in total. The van der Waals surface area contributed by atoms with Crippen LogP contribution in [0.25, 0.3) is 11.0 Å². The third-order valence-electron chi connectivity index (χ3n) is 3.36. The third kappa shape index (κ3) is 3.65. The van der Waals surface area contributed by atoms with E-state index in [1.165, 1.54) is 11.8 Å². The molecule has 0 spiro atoms. The highest BCUT2D eigenvalue weighted by Gasteiger charge is 2.17. The van der Waals surface area contributed by atoms with Crippen molar-refractivity contribution >= 4 is 34.4 Å². The number of imidazole rings is 1. The number of para-hydroxylation sites is 2. The fourth-order valence-corrected chi connectivity index (χ4v) is 2.97. The largest absolute Gasteiger partial charge is 0.497 e. The minimum atomic E-state index is -0.276. The van der Waals surface area contributed by atoms with Crippen LogP contribution in [0.3, 0.4) is 0 Å². The number of carbonyl (C=O) groups is 1. The summed E-state index contributed by atoms with van der Waals surface area (Å²) in [5, 5.41) is 3.35. The number of hydrogen-bond acceptors (Lipinski definition) is 4. The Morgan fingerprint density at radius 2 is 2.09 bits per heavy atom. The topological polar surface area (TPSA) is 67.0 Å². The van der Waals surface area contributed by atoms with Crippen LogP contribution in [-0.4, -0.2) is 28.2 Å². The van der Waals surface area contributed by atoms with Crippen LogP contribution in [0.5, 0.6) is 5.75 Å². The molecule has 1 amide bonds. The number of carbonyl (C=O) groups excluding carboxylic acids is 1. The predicted molar refractivity (Wildman–Crippen MR) is 93.0 cm³/mol. The Hall–Kier alpha value is -2.47. The number of benzene rings is 2. The normalized spacial score (nSPS) is 12.1. The van der Waals surface area contributed by atoms with Gasteiger partial charge in [-0.3, -0.25) is 4.79 Å². The highest BCUT2D eigenvalue weighted by molar-refractivity contribution is 8.00. The minimum absolute atomic E-state index is 0.0799. The van der Waals surface area contributed by atoms with Gasteiger partial charge in [0.15, 0.2) is 5.16 Å². The maximum absolute atomic E-state index is 12.3. The Kier molecular flexibility index (Phi) is 4.52. The number of ether oxygens (including phenoxy) is 1. The van der Waals surface area contributed by atoms with Gasteiger partial charge in [0.25, 0.3) is 0 Å². The van der Waals surface area contributed by atoms with Crippen LogP contribution in [0.4, 0.5) is 5.69 Å². The lowest BCUT2D eigenvalue weighted by molar-refractivity contribution is -0.115. The Morgan fingerprint density at radius 3 is 2.87 bits per heavy atom. The lowest BCUT2D eigenvalue weighted by atomic mass is 10.3. The van der Waals surface area contributed by atoms with Crippen molar-refractivity contribution in [3.63, 3.8) is 0 Å². The highest BCUT2D eigenvalue weighted by atomic mass is 32.2. The summed E-state index contributed by atoms with van der Waals surface area (Å²) in [6.07, 6.45) is 0. The lowest BCUT2D eigenvalue weighted by Crippen LogP contribution is -2.22. The van der Waals surface area contributed by atoms with Gasteiger partial charge >= 0.3 is 0 Å². The average Bonchev–Trinajstić information content (AvgIpc) is 2.97. The summed E-state index contributed by atoms with van der Waals surface area (Å²) in [6, 6.07) is 15.1. The minimum Gasteiger partial charge on any atom is -0.497 e. The van der Waals surface area contributed by atoms with E-state index in [4.69, 9.17) is 4.74 Å².